The van der Waals surface area contributed by atoms with Crippen molar-refractivity contribution in [1.29, 1.82) is 5.26 Å². The van der Waals surface area contributed by atoms with E-state index in [9.17, 15) is 9.90 Å². The molecule has 3 rings (SSSR count). The normalized spacial score (nSPS) is 11.3. The van der Waals surface area contributed by atoms with Gasteiger partial charge in [0.1, 0.15) is 30.8 Å². The average Bonchev–Trinajstić information content (AvgIpc) is 3.27. The molecule has 0 aliphatic rings. The molecule has 0 spiro atoms. The lowest BCUT2D eigenvalue weighted by Gasteiger charge is -2.14. The largest absolute Gasteiger partial charge is 0.491 e. The SMILES string of the molecule is N#Cc1ccc(OCC(O)COc2ccc(NC(=O)c3ccco3)cc2)cc1. The van der Waals surface area contributed by atoms with Crippen LogP contribution in [0.15, 0.2) is 71.3 Å². The van der Waals surface area contributed by atoms with Crippen LogP contribution in [0, 0.1) is 11.3 Å². The number of nitrogens with zero attached hydrogens (tertiary/aromatic N) is 1. The van der Waals surface area contributed by atoms with E-state index in [0.29, 0.717) is 22.7 Å². The summed E-state index contributed by atoms with van der Waals surface area (Å²) in [6.07, 6.45) is 0.608. The minimum absolute atomic E-state index is 0.0500. The molecule has 142 valence electrons. The molecule has 7 heteroatoms. The highest BCUT2D eigenvalue weighted by atomic mass is 16.5. The molecular weight excluding hydrogens is 360 g/mol. The van der Waals surface area contributed by atoms with Crippen molar-refractivity contribution in [2.45, 2.75) is 6.10 Å². The van der Waals surface area contributed by atoms with Gasteiger partial charge in [0.05, 0.1) is 17.9 Å². The number of anilines is 1. The lowest BCUT2D eigenvalue weighted by molar-refractivity contribution is 0.0626. The molecule has 1 amide bonds. The van der Waals surface area contributed by atoms with Gasteiger partial charge in [-0.3, -0.25) is 4.79 Å². The molecule has 0 fully saturated rings. The summed E-state index contributed by atoms with van der Waals surface area (Å²) in [6, 6.07) is 18.6. The minimum atomic E-state index is -0.825. The van der Waals surface area contributed by atoms with E-state index in [1.165, 1.54) is 6.26 Å². The molecule has 7 nitrogen and oxygen atoms in total. The monoisotopic (exact) mass is 378 g/mol. The molecule has 0 radical (unpaired) electrons. The highest BCUT2D eigenvalue weighted by Gasteiger charge is 2.10. The maximum atomic E-state index is 11.9. The number of ether oxygens (including phenoxy) is 2. The molecular formula is C21H18N2O5. The van der Waals surface area contributed by atoms with Gasteiger partial charge in [-0.1, -0.05) is 0 Å². The van der Waals surface area contributed by atoms with Crippen LogP contribution in [0.3, 0.4) is 0 Å². The van der Waals surface area contributed by atoms with Gasteiger partial charge in [0.15, 0.2) is 5.76 Å². The predicted molar refractivity (Wildman–Crippen MR) is 101 cm³/mol. The maximum absolute atomic E-state index is 11.9. The molecule has 0 saturated carbocycles. The number of nitrogens with one attached hydrogen (secondary N) is 1. The standard InChI is InChI=1S/C21H18N2O5/c22-12-15-3-7-18(8-4-15)27-13-17(24)14-28-19-9-5-16(6-10-19)23-21(25)20-2-1-11-26-20/h1-11,17,24H,13-14H2,(H,23,25). The van der Waals surface area contributed by atoms with E-state index in [-0.39, 0.29) is 24.9 Å². The fraction of sp³-hybridized carbons (Fsp3) is 0.143. The van der Waals surface area contributed by atoms with Crippen LogP contribution in [-0.2, 0) is 0 Å². The third-order valence-electron chi connectivity index (χ3n) is 3.73. The molecule has 1 unspecified atom stereocenters. The number of nitriles is 1. The average molecular weight is 378 g/mol. The summed E-state index contributed by atoms with van der Waals surface area (Å²) in [6.45, 7) is 0.109. The zero-order chi connectivity index (χ0) is 19.8. The Labute approximate surface area is 161 Å². The van der Waals surface area contributed by atoms with Crippen molar-refractivity contribution < 1.29 is 23.8 Å². The van der Waals surface area contributed by atoms with Gasteiger partial charge in [-0.25, -0.2) is 0 Å². The van der Waals surface area contributed by atoms with Crippen LogP contribution in [0.1, 0.15) is 16.1 Å². The second-order valence-corrected chi connectivity index (χ2v) is 5.87. The van der Waals surface area contributed by atoms with E-state index >= 15 is 0 Å². The number of benzene rings is 2. The van der Waals surface area contributed by atoms with E-state index in [4.69, 9.17) is 19.2 Å². The van der Waals surface area contributed by atoms with Crippen LogP contribution < -0.4 is 14.8 Å². The van der Waals surface area contributed by atoms with E-state index in [0.717, 1.165) is 0 Å². The first kappa shape index (κ1) is 19.0. The highest BCUT2D eigenvalue weighted by molar-refractivity contribution is 6.02. The van der Waals surface area contributed by atoms with Crippen LogP contribution in [0.4, 0.5) is 5.69 Å². The summed E-state index contributed by atoms with van der Waals surface area (Å²) in [5.41, 5.74) is 1.14. The van der Waals surface area contributed by atoms with E-state index < -0.39 is 6.10 Å². The van der Waals surface area contributed by atoms with Crippen LogP contribution in [0.25, 0.3) is 0 Å². The van der Waals surface area contributed by atoms with Crippen molar-refractivity contribution in [2.75, 3.05) is 18.5 Å². The predicted octanol–water partition coefficient (Wildman–Crippen LogP) is 3.22. The molecule has 3 aromatic rings. The number of rotatable bonds is 8. The van der Waals surface area contributed by atoms with Crippen molar-refractivity contribution in [1.82, 2.24) is 0 Å². The Kier molecular flexibility index (Phi) is 6.29. The fourth-order valence-electron chi connectivity index (χ4n) is 2.29. The molecule has 2 N–H and O–H groups in total. The van der Waals surface area contributed by atoms with Crippen LogP contribution in [0.2, 0.25) is 0 Å². The van der Waals surface area contributed by atoms with Crippen molar-refractivity contribution in [3.63, 3.8) is 0 Å². The van der Waals surface area contributed by atoms with E-state index in [1.54, 1.807) is 60.7 Å². The van der Waals surface area contributed by atoms with Crippen molar-refractivity contribution >= 4 is 11.6 Å². The number of carbonyl (C=O) groups excluding carboxylic acids is 1. The number of amides is 1. The number of furan rings is 1. The van der Waals surface area contributed by atoms with Crippen molar-refractivity contribution in [3.8, 4) is 17.6 Å². The van der Waals surface area contributed by atoms with Gasteiger partial charge in [-0.05, 0) is 60.7 Å². The third kappa shape index (κ3) is 5.37. The van der Waals surface area contributed by atoms with Gasteiger partial charge in [0.25, 0.3) is 5.91 Å². The summed E-state index contributed by atoms with van der Waals surface area (Å²) in [5.74, 6) is 1.00. The maximum Gasteiger partial charge on any atom is 0.291 e. The van der Waals surface area contributed by atoms with E-state index in [2.05, 4.69) is 5.32 Å². The van der Waals surface area contributed by atoms with Crippen LogP contribution in [0.5, 0.6) is 11.5 Å². The minimum Gasteiger partial charge on any atom is -0.491 e. The Morgan fingerprint density at radius 3 is 2.18 bits per heavy atom. The van der Waals surface area contributed by atoms with Crippen molar-refractivity contribution in [3.05, 3.63) is 78.3 Å². The quantitative estimate of drug-likeness (QED) is 0.624. The van der Waals surface area contributed by atoms with Gasteiger partial charge in [0.2, 0.25) is 0 Å². The van der Waals surface area contributed by atoms with E-state index in [1.807, 2.05) is 6.07 Å². The smallest absolute Gasteiger partial charge is 0.291 e. The molecule has 0 aliphatic heterocycles. The zero-order valence-electron chi connectivity index (χ0n) is 14.9. The summed E-state index contributed by atoms with van der Waals surface area (Å²) in [7, 11) is 0. The Bertz CT molecular complexity index is 928. The Morgan fingerprint density at radius 2 is 1.64 bits per heavy atom. The highest BCUT2D eigenvalue weighted by Crippen LogP contribution is 2.17. The van der Waals surface area contributed by atoms with Crippen molar-refractivity contribution in [2.24, 2.45) is 0 Å². The first-order chi connectivity index (χ1) is 13.6. The topological polar surface area (TPSA) is 105 Å². The molecule has 0 bridgehead atoms. The van der Waals surface area contributed by atoms with Gasteiger partial charge >= 0.3 is 0 Å². The summed E-state index contributed by atoms with van der Waals surface area (Å²) in [4.78, 5) is 11.9. The molecule has 0 saturated heterocycles. The molecule has 1 heterocycles. The Hall–Kier alpha value is -3.76. The number of aliphatic hydroxyl groups excluding tert-OH is 1. The number of hydrogen-bond donors (Lipinski definition) is 2. The second-order valence-electron chi connectivity index (χ2n) is 5.87. The molecule has 2 aromatic carbocycles. The number of hydrogen-bond acceptors (Lipinski definition) is 6. The van der Waals surface area contributed by atoms with Gasteiger partial charge in [-0.2, -0.15) is 5.26 Å². The first-order valence-electron chi connectivity index (χ1n) is 8.53. The number of carbonyl (C=O) groups is 1. The third-order valence-corrected chi connectivity index (χ3v) is 3.73. The second kappa shape index (κ2) is 9.26. The fourth-order valence-corrected chi connectivity index (χ4v) is 2.29. The zero-order valence-corrected chi connectivity index (χ0v) is 14.9. The molecule has 28 heavy (non-hydrogen) atoms. The number of aliphatic hydroxyl groups is 1. The van der Waals surface area contributed by atoms with Gasteiger partial charge in [0, 0.05) is 5.69 Å². The van der Waals surface area contributed by atoms with Gasteiger partial charge in [-0.15, -0.1) is 0 Å². The lowest BCUT2D eigenvalue weighted by atomic mass is 10.2. The Balaban J connectivity index is 1.42. The molecule has 0 aliphatic carbocycles. The molecule has 1 atom stereocenters. The molecule has 1 aromatic heterocycles. The summed E-state index contributed by atoms with van der Waals surface area (Å²) < 4.78 is 16.0. The summed E-state index contributed by atoms with van der Waals surface area (Å²) >= 11 is 0. The van der Waals surface area contributed by atoms with Gasteiger partial charge < -0.3 is 24.3 Å². The van der Waals surface area contributed by atoms with Crippen LogP contribution in [-0.4, -0.2) is 30.3 Å². The lowest BCUT2D eigenvalue weighted by Crippen LogP contribution is -2.25. The van der Waals surface area contributed by atoms with Crippen LogP contribution >= 0.6 is 0 Å². The summed E-state index contributed by atoms with van der Waals surface area (Å²) in [5, 5.41) is 21.4. The first-order valence-corrected chi connectivity index (χ1v) is 8.53. The Morgan fingerprint density at radius 1 is 1.04 bits per heavy atom.